The first-order valence-corrected chi connectivity index (χ1v) is 8.49. The number of nitrogens with zero attached hydrogens (tertiary/aromatic N) is 3. The van der Waals surface area contributed by atoms with E-state index >= 15 is 0 Å². The van der Waals surface area contributed by atoms with Gasteiger partial charge in [0.1, 0.15) is 11.6 Å². The molecule has 1 aliphatic rings. The SMILES string of the molecule is CC1CCCN(c2nc(-c3ccccc3F)nc3ccccc23)C1. The van der Waals surface area contributed by atoms with Crippen LogP contribution < -0.4 is 4.90 Å². The van der Waals surface area contributed by atoms with Gasteiger partial charge >= 0.3 is 0 Å². The van der Waals surface area contributed by atoms with Crippen molar-refractivity contribution in [2.24, 2.45) is 5.92 Å². The molecule has 4 rings (SSSR count). The number of fused-ring (bicyclic) bond motifs is 1. The molecule has 1 unspecified atom stereocenters. The Morgan fingerprint density at radius 2 is 1.83 bits per heavy atom. The summed E-state index contributed by atoms with van der Waals surface area (Å²) >= 11 is 0. The average Bonchev–Trinajstić information content (AvgIpc) is 2.61. The van der Waals surface area contributed by atoms with Gasteiger partial charge in [0.25, 0.3) is 0 Å². The first kappa shape index (κ1) is 15.1. The van der Waals surface area contributed by atoms with Crippen molar-refractivity contribution in [1.82, 2.24) is 9.97 Å². The lowest BCUT2D eigenvalue weighted by Crippen LogP contribution is -2.35. The Kier molecular flexibility index (Phi) is 3.89. The van der Waals surface area contributed by atoms with Crippen LogP contribution in [0.25, 0.3) is 22.3 Å². The van der Waals surface area contributed by atoms with Gasteiger partial charge in [-0.15, -0.1) is 0 Å². The van der Waals surface area contributed by atoms with Crippen LogP contribution in [0.2, 0.25) is 0 Å². The van der Waals surface area contributed by atoms with Crippen LogP contribution in [-0.2, 0) is 0 Å². The highest BCUT2D eigenvalue weighted by Crippen LogP contribution is 2.31. The summed E-state index contributed by atoms with van der Waals surface area (Å²) < 4.78 is 14.2. The van der Waals surface area contributed by atoms with Crippen molar-refractivity contribution < 1.29 is 4.39 Å². The molecule has 4 heteroatoms. The molecule has 2 aromatic carbocycles. The molecule has 2 heterocycles. The lowest BCUT2D eigenvalue weighted by Gasteiger charge is -2.32. The molecule has 1 saturated heterocycles. The maximum Gasteiger partial charge on any atom is 0.165 e. The van der Waals surface area contributed by atoms with Crippen molar-refractivity contribution in [2.45, 2.75) is 19.8 Å². The van der Waals surface area contributed by atoms with Crippen molar-refractivity contribution in [3.05, 3.63) is 54.3 Å². The topological polar surface area (TPSA) is 29.0 Å². The zero-order valence-corrected chi connectivity index (χ0v) is 13.7. The fourth-order valence-corrected chi connectivity index (χ4v) is 3.45. The van der Waals surface area contributed by atoms with E-state index in [1.54, 1.807) is 12.1 Å². The van der Waals surface area contributed by atoms with Crippen LogP contribution in [0.15, 0.2) is 48.5 Å². The maximum atomic E-state index is 14.2. The molecule has 122 valence electrons. The first-order valence-electron chi connectivity index (χ1n) is 8.49. The Hall–Kier alpha value is -2.49. The minimum atomic E-state index is -0.286. The fraction of sp³-hybridized carbons (Fsp3) is 0.300. The number of rotatable bonds is 2. The van der Waals surface area contributed by atoms with Gasteiger partial charge in [-0.05, 0) is 43.0 Å². The van der Waals surface area contributed by atoms with Crippen LogP contribution in [0.4, 0.5) is 10.2 Å². The van der Waals surface area contributed by atoms with Crippen LogP contribution in [0.3, 0.4) is 0 Å². The molecule has 0 radical (unpaired) electrons. The molecule has 0 saturated carbocycles. The highest BCUT2D eigenvalue weighted by molar-refractivity contribution is 5.91. The molecule has 1 atom stereocenters. The van der Waals surface area contributed by atoms with Gasteiger partial charge in [-0.25, -0.2) is 14.4 Å². The number of hydrogen-bond acceptors (Lipinski definition) is 3. The van der Waals surface area contributed by atoms with Gasteiger partial charge in [0.05, 0.1) is 11.1 Å². The molecule has 1 aromatic heterocycles. The Morgan fingerprint density at radius 3 is 2.67 bits per heavy atom. The molecule has 1 aliphatic heterocycles. The fourth-order valence-electron chi connectivity index (χ4n) is 3.45. The molecule has 3 nitrogen and oxygen atoms in total. The summed E-state index contributed by atoms with van der Waals surface area (Å²) in [5.74, 6) is 1.74. The standard InChI is InChI=1S/C20H20FN3/c1-14-7-6-12-24(13-14)20-16-9-3-5-11-18(16)22-19(23-20)15-8-2-4-10-17(15)21/h2-5,8-11,14H,6-7,12-13H2,1H3. The smallest absolute Gasteiger partial charge is 0.165 e. The molecule has 24 heavy (non-hydrogen) atoms. The number of benzene rings is 2. The molecule has 0 amide bonds. The monoisotopic (exact) mass is 321 g/mol. The highest BCUT2D eigenvalue weighted by atomic mass is 19.1. The van der Waals surface area contributed by atoms with Crippen LogP contribution >= 0.6 is 0 Å². The first-order chi connectivity index (χ1) is 11.7. The Balaban J connectivity index is 1.90. The highest BCUT2D eigenvalue weighted by Gasteiger charge is 2.21. The Bertz CT molecular complexity index is 878. The second kappa shape index (κ2) is 6.19. The van der Waals surface area contributed by atoms with Gasteiger partial charge in [-0.2, -0.15) is 0 Å². The summed E-state index contributed by atoms with van der Waals surface area (Å²) in [4.78, 5) is 11.7. The molecule has 0 bridgehead atoms. The van der Waals surface area contributed by atoms with Crippen LogP contribution in [0, 0.1) is 11.7 Å². The predicted octanol–water partition coefficient (Wildman–Crippen LogP) is 4.67. The summed E-state index contributed by atoms with van der Waals surface area (Å²) in [5, 5.41) is 1.03. The minimum absolute atomic E-state index is 0.286. The van der Waals surface area contributed by atoms with Gasteiger partial charge in [0.2, 0.25) is 0 Å². The number of piperidine rings is 1. The quantitative estimate of drug-likeness (QED) is 0.686. The number of halogens is 1. The second-order valence-electron chi connectivity index (χ2n) is 6.56. The van der Waals surface area contributed by atoms with E-state index in [-0.39, 0.29) is 5.82 Å². The summed E-state index contributed by atoms with van der Waals surface area (Å²) in [7, 11) is 0. The molecule has 0 N–H and O–H groups in total. The third kappa shape index (κ3) is 2.73. The van der Waals surface area contributed by atoms with Gasteiger partial charge in [-0.3, -0.25) is 0 Å². The van der Waals surface area contributed by atoms with Crippen molar-refractivity contribution in [3.63, 3.8) is 0 Å². The van der Waals surface area contributed by atoms with Crippen molar-refractivity contribution in [3.8, 4) is 11.4 Å². The molecular formula is C20H20FN3. The summed E-state index contributed by atoms with van der Waals surface area (Å²) in [5.41, 5.74) is 1.31. The molecule has 3 aromatic rings. The normalized spacial score (nSPS) is 18.1. The van der Waals surface area contributed by atoms with E-state index in [9.17, 15) is 4.39 Å². The predicted molar refractivity (Wildman–Crippen MR) is 95.5 cm³/mol. The number of hydrogen-bond donors (Lipinski definition) is 0. The van der Waals surface area contributed by atoms with E-state index in [1.165, 1.54) is 12.5 Å². The summed E-state index contributed by atoms with van der Waals surface area (Å²) in [6.07, 6.45) is 2.41. The van der Waals surface area contributed by atoms with Crippen molar-refractivity contribution in [2.75, 3.05) is 18.0 Å². The zero-order valence-electron chi connectivity index (χ0n) is 13.7. The molecule has 0 spiro atoms. The van der Waals surface area contributed by atoms with E-state index in [0.29, 0.717) is 17.3 Å². The molecule has 1 fully saturated rings. The van der Waals surface area contributed by atoms with E-state index in [1.807, 2.05) is 24.3 Å². The average molecular weight is 321 g/mol. The van der Waals surface area contributed by atoms with Crippen molar-refractivity contribution in [1.29, 1.82) is 0 Å². The van der Waals surface area contributed by atoms with E-state index in [4.69, 9.17) is 4.98 Å². The third-order valence-corrected chi connectivity index (χ3v) is 4.65. The lowest BCUT2D eigenvalue weighted by molar-refractivity contribution is 0.445. The zero-order chi connectivity index (χ0) is 16.5. The Morgan fingerprint density at radius 1 is 1.04 bits per heavy atom. The second-order valence-corrected chi connectivity index (χ2v) is 6.56. The van der Waals surface area contributed by atoms with Crippen LogP contribution in [0.5, 0.6) is 0 Å². The van der Waals surface area contributed by atoms with Crippen LogP contribution in [-0.4, -0.2) is 23.1 Å². The largest absolute Gasteiger partial charge is 0.356 e. The van der Waals surface area contributed by atoms with E-state index < -0.39 is 0 Å². The summed E-state index contributed by atoms with van der Waals surface area (Å²) in [6, 6.07) is 14.7. The minimum Gasteiger partial charge on any atom is -0.356 e. The summed E-state index contributed by atoms with van der Waals surface area (Å²) in [6.45, 7) is 4.24. The number of aromatic nitrogens is 2. The van der Waals surface area contributed by atoms with Crippen molar-refractivity contribution >= 4 is 16.7 Å². The number of anilines is 1. The van der Waals surface area contributed by atoms with E-state index in [2.05, 4.69) is 22.9 Å². The van der Waals surface area contributed by atoms with Gasteiger partial charge in [0.15, 0.2) is 5.82 Å². The third-order valence-electron chi connectivity index (χ3n) is 4.65. The molecular weight excluding hydrogens is 301 g/mol. The molecule has 0 aliphatic carbocycles. The Labute approximate surface area is 141 Å². The van der Waals surface area contributed by atoms with Gasteiger partial charge < -0.3 is 4.90 Å². The lowest BCUT2D eigenvalue weighted by atomic mass is 10.00. The van der Waals surface area contributed by atoms with Gasteiger partial charge in [0, 0.05) is 18.5 Å². The van der Waals surface area contributed by atoms with E-state index in [0.717, 1.165) is 36.2 Å². The number of para-hydroxylation sites is 1. The van der Waals surface area contributed by atoms with Crippen LogP contribution in [0.1, 0.15) is 19.8 Å². The van der Waals surface area contributed by atoms with Gasteiger partial charge in [-0.1, -0.05) is 31.2 Å². The maximum absolute atomic E-state index is 14.2.